The number of aliphatic imine (C=N–C) groups is 1. The normalized spacial score (nSPS) is 15.7. The van der Waals surface area contributed by atoms with Crippen LogP contribution < -0.4 is 0 Å². The molecule has 1 heteroatoms. The fraction of sp³-hybridized carbons (Fsp3) is 0.750. The first-order chi connectivity index (χ1) is 6.06. The van der Waals surface area contributed by atoms with Gasteiger partial charge in [-0.1, -0.05) is 26.8 Å². The van der Waals surface area contributed by atoms with Crippen LogP contribution in [0.2, 0.25) is 0 Å². The smallest absolute Gasteiger partial charge is 0.0415 e. The van der Waals surface area contributed by atoms with E-state index in [9.17, 15) is 0 Å². The first-order valence-corrected chi connectivity index (χ1v) is 5.19. The number of rotatable bonds is 5. The van der Waals surface area contributed by atoms with Gasteiger partial charge in [-0.05, 0) is 37.7 Å². The van der Waals surface area contributed by atoms with Crippen LogP contribution in [0.5, 0.6) is 0 Å². The molecule has 0 fully saturated rings. The van der Waals surface area contributed by atoms with Crippen molar-refractivity contribution < 1.29 is 0 Å². The molecule has 0 N–H and O–H groups in total. The van der Waals surface area contributed by atoms with Crippen molar-refractivity contribution in [1.29, 1.82) is 0 Å². The van der Waals surface area contributed by atoms with Gasteiger partial charge in [0.1, 0.15) is 0 Å². The Kier molecular flexibility index (Phi) is 6.56. The molecule has 0 aromatic carbocycles. The standard InChI is InChI=1S/C12H23N/c1-6-11(4)8-13-9-12(5)7-10(2)3/h6,8,10,12H,7,9H2,1-5H3/b11-6-,13-8?. The molecule has 0 aromatic heterocycles. The van der Waals surface area contributed by atoms with Gasteiger partial charge in [-0.3, -0.25) is 4.99 Å². The molecule has 1 nitrogen and oxygen atoms in total. The molecule has 13 heavy (non-hydrogen) atoms. The molecule has 0 spiro atoms. The summed E-state index contributed by atoms with van der Waals surface area (Å²) in [5.74, 6) is 1.49. The maximum absolute atomic E-state index is 4.40. The molecule has 1 unspecified atom stereocenters. The molecule has 0 amide bonds. The summed E-state index contributed by atoms with van der Waals surface area (Å²) in [7, 11) is 0. The lowest BCUT2D eigenvalue weighted by Gasteiger charge is -2.10. The van der Waals surface area contributed by atoms with Crippen LogP contribution in [0.3, 0.4) is 0 Å². The van der Waals surface area contributed by atoms with E-state index >= 15 is 0 Å². The van der Waals surface area contributed by atoms with E-state index in [2.05, 4.69) is 38.8 Å². The van der Waals surface area contributed by atoms with Gasteiger partial charge in [0.25, 0.3) is 0 Å². The average molecular weight is 181 g/mol. The van der Waals surface area contributed by atoms with Crippen LogP contribution in [0.4, 0.5) is 0 Å². The summed E-state index contributed by atoms with van der Waals surface area (Å²) in [6.45, 7) is 11.9. The van der Waals surface area contributed by atoms with Crippen molar-refractivity contribution in [1.82, 2.24) is 0 Å². The van der Waals surface area contributed by atoms with Gasteiger partial charge in [0.15, 0.2) is 0 Å². The van der Waals surface area contributed by atoms with Crippen molar-refractivity contribution in [2.24, 2.45) is 16.8 Å². The van der Waals surface area contributed by atoms with E-state index in [1.165, 1.54) is 12.0 Å². The van der Waals surface area contributed by atoms with Crippen molar-refractivity contribution >= 4 is 6.21 Å². The summed E-state index contributed by atoms with van der Waals surface area (Å²) in [6.07, 6.45) is 5.32. The van der Waals surface area contributed by atoms with Crippen LogP contribution >= 0.6 is 0 Å². The molecule has 0 heterocycles. The number of nitrogens with zero attached hydrogens (tertiary/aromatic N) is 1. The minimum Gasteiger partial charge on any atom is -0.293 e. The van der Waals surface area contributed by atoms with Crippen LogP contribution in [0, 0.1) is 11.8 Å². The zero-order valence-electron chi connectivity index (χ0n) is 9.67. The SMILES string of the molecule is C/C=C(/C)C=NCC(C)CC(C)C. The molecule has 0 radical (unpaired) electrons. The molecule has 0 aliphatic heterocycles. The average Bonchev–Trinajstić information content (AvgIpc) is 2.02. The van der Waals surface area contributed by atoms with E-state index in [0.717, 1.165) is 12.5 Å². The van der Waals surface area contributed by atoms with Gasteiger partial charge in [0.2, 0.25) is 0 Å². The minimum absolute atomic E-state index is 0.709. The van der Waals surface area contributed by atoms with Gasteiger partial charge < -0.3 is 0 Å². The van der Waals surface area contributed by atoms with Crippen LogP contribution in [-0.4, -0.2) is 12.8 Å². The number of hydrogen-bond donors (Lipinski definition) is 0. The van der Waals surface area contributed by atoms with Crippen molar-refractivity contribution in [3.05, 3.63) is 11.6 Å². The zero-order chi connectivity index (χ0) is 10.3. The molecule has 76 valence electrons. The minimum atomic E-state index is 0.709. The molecule has 0 aliphatic carbocycles. The van der Waals surface area contributed by atoms with E-state index in [-0.39, 0.29) is 0 Å². The van der Waals surface area contributed by atoms with Crippen molar-refractivity contribution in [2.45, 2.75) is 41.0 Å². The molecule has 0 aliphatic rings. The lowest BCUT2D eigenvalue weighted by molar-refractivity contribution is 0.448. The topological polar surface area (TPSA) is 12.4 Å². The Balaban J connectivity index is 3.69. The summed E-state index contributed by atoms with van der Waals surface area (Å²) >= 11 is 0. The monoisotopic (exact) mass is 181 g/mol. The van der Waals surface area contributed by atoms with E-state index in [1.54, 1.807) is 0 Å². The third-order valence-corrected chi connectivity index (χ3v) is 2.04. The predicted molar refractivity (Wildman–Crippen MR) is 61.4 cm³/mol. The fourth-order valence-corrected chi connectivity index (χ4v) is 1.33. The maximum Gasteiger partial charge on any atom is 0.0415 e. The molecule has 0 aromatic rings. The lowest BCUT2D eigenvalue weighted by atomic mass is 9.99. The highest BCUT2D eigenvalue weighted by Gasteiger charge is 2.02. The second kappa shape index (κ2) is 6.88. The van der Waals surface area contributed by atoms with Gasteiger partial charge in [-0.15, -0.1) is 0 Å². The van der Waals surface area contributed by atoms with Crippen molar-refractivity contribution in [3.8, 4) is 0 Å². The Hall–Kier alpha value is -0.590. The van der Waals surface area contributed by atoms with E-state index in [4.69, 9.17) is 0 Å². The third-order valence-electron chi connectivity index (χ3n) is 2.04. The Morgan fingerprint density at radius 2 is 1.92 bits per heavy atom. The van der Waals surface area contributed by atoms with Crippen LogP contribution in [0.25, 0.3) is 0 Å². The number of allylic oxidation sites excluding steroid dienone is 2. The molecule has 0 rings (SSSR count). The van der Waals surface area contributed by atoms with Gasteiger partial charge >= 0.3 is 0 Å². The van der Waals surface area contributed by atoms with E-state index in [1.807, 2.05) is 13.1 Å². The third kappa shape index (κ3) is 7.76. The van der Waals surface area contributed by atoms with E-state index < -0.39 is 0 Å². The molecular formula is C12H23N. The van der Waals surface area contributed by atoms with Crippen LogP contribution in [0.1, 0.15) is 41.0 Å². The Morgan fingerprint density at radius 1 is 1.31 bits per heavy atom. The molecular weight excluding hydrogens is 158 g/mol. The fourth-order valence-electron chi connectivity index (χ4n) is 1.33. The summed E-state index contributed by atoms with van der Waals surface area (Å²) in [6, 6.07) is 0. The first kappa shape index (κ1) is 12.4. The highest BCUT2D eigenvalue weighted by Crippen LogP contribution is 2.10. The molecule has 1 atom stereocenters. The summed E-state index contributed by atoms with van der Waals surface area (Å²) < 4.78 is 0. The highest BCUT2D eigenvalue weighted by atomic mass is 14.7. The van der Waals surface area contributed by atoms with Crippen LogP contribution in [-0.2, 0) is 0 Å². The lowest BCUT2D eigenvalue weighted by Crippen LogP contribution is -2.03. The first-order valence-electron chi connectivity index (χ1n) is 5.19. The Labute approximate surface area is 83.0 Å². The summed E-state index contributed by atoms with van der Waals surface area (Å²) in [5.41, 5.74) is 1.25. The molecule has 0 bridgehead atoms. The number of hydrogen-bond acceptors (Lipinski definition) is 1. The molecule has 0 saturated heterocycles. The molecule has 0 saturated carbocycles. The zero-order valence-corrected chi connectivity index (χ0v) is 9.67. The quantitative estimate of drug-likeness (QED) is 0.573. The summed E-state index contributed by atoms with van der Waals surface area (Å²) in [4.78, 5) is 4.40. The largest absolute Gasteiger partial charge is 0.293 e. The van der Waals surface area contributed by atoms with Crippen LogP contribution in [0.15, 0.2) is 16.6 Å². The second-order valence-corrected chi connectivity index (χ2v) is 4.26. The van der Waals surface area contributed by atoms with Crippen molar-refractivity contribution in [3.63, 3.8) is 0 Å². The van der Waals surface area contributed by atoms with E-state index in [0.29, 0.717) is 5.92 Å². The predicted octanol–water partition coefficient (Wildman–Crippen LogP) is 3.71. The van der Waals surface area contributed by atoms with Gasteiger partial charge in [-0.2, -0.15) is 0 Å². The van der Waals surface area contributed by atoms with Gasteiger partial charge in [-0.25, -0.2) is 0 Å². The Morgan fingerprint density at radius 3 is 2.38 bits per heavy atom. The second-order valence-electron chi connectivity index (χ2n) is 4.26. The highest BCUT2D eigenvalue weighted by molar-refractivity contribution is 5.77. The van der Waals surface area contributed by atoms with Gasteiger partial charge in [0.05, 0.1) is 0 Å². The summed E-state index contributed by atoms with van der Waals surface area (Å²) in [5, 5.41) is 0. The van der Waals surface area contributed by atoms with Crippen molar-refractivity contribution in [2.75, 3.05) is 6.54 Å². The van der Waals surface area contributed by atoms with Gasteiger partial charge in [0, 0.05) is 12.8 Å². The Bertz CT molecular complexity index is 178. The maximum atomic E-state index is 4.40.